The Hall–Kier alpha value is -1.12. The van der Waals surface area contributed by atoms with Crippen LogP contribution in [0.3, 0.4) is 0 Å². The molecular formula is C36H53Br2NO5. The topological polar surface area (TPSA) is 87.1 Å². The number of aliphatic hydroxyl groups excluding tert-OH is 1. The van der Waals surface area contributed by atoms with Gasteiger partial charge in [0, 0.05) is 35.9 Å². The Morgan fingerprint density at radius 2 is 1.70 bits per heavy atom. The van der Waals surface area contributed by atoms with Crippen LogP contribution in [0.2, 0.25) is 0 Å². The van der Waals surface area contributed by atoms with Crippen LogP contribution in [-0.2, 0) is 20.7 Å². The first kappa shape index (κ1) is 34.2. The molecule has 4 fully saturated rings. The van der Waals surface area contributed by atoms with E-state index >= 15 is 0 Å². The molecule has 1 aromatic carbocycles. The Bertz CT molecular complexity index is 1140. The molecule has 4 saturated carbocycles. The molecule has 10 atom stereocenters. The number of benzene rings is 1. The van der Waals surface area contributed by atoms with E-state index in [4.69, 9.17) is 4.74 Å². The van der Waals surface area contributed by atoms with Crippen molar-refractivity contribution in [1.82, 2.24) is 0 Å². The van der Waals surface area contributed by atoms with Crippen LogP contribution in [0.5, 0.6) is 0 Å². The van der Waals surface area contributed by atoms with E-state index < -0.39 is 5.97 Å². The quantitative estimate of drug-likeness (QED) is 0.168. The molecule has 0 amide bonds. The van der Waals surface area contributed by atoms with Crippen LogP contribution in [0.1, 0.15) is 90.5 Å². The van der Waals surface area contributed by atoms with E-state index in [1.807, 2.05) is 12.1 Å². The number of hydrogen-bond acceptors (Lipinski definition) is 5. The second kappa shape index (κ2) is 14.3. The van der Waals surface area contributed by atoms with E-state index in [-0.39, 0.29) is 35.4 Å². The highest BCUT2D eigenvalue weighted by molar-refractivity contribution is 9.09. The number of alkyl halides is 2. The Morgan fingerprint density at radius 3 is 2.36 bits per heavy atom. The fourth-order valence-corrected chi connectivity index (χ4v) is 11.5. The molecule has 4 aliphatic carbocycles. The van der Waals surface area contributed by atoms with Crippen LogP contribution in [0, 0.1) is 46.3 Å². The molecule has 0 heterocycles. The molecule has 0 aromatic heterocycles. The minimum Gasteiger partial charge on any atom is -0.481 e. The summed E-state index contributed by atoms with van der Waals surface area (Å²) in [5.74, 6) is 2.02. The molecule has 6 nitrogen and oxygen atoms in total. The van der Waals surface area contributed by atoms with Crippen molar-refractivity contribution in [2.24, 2.45) is 46.3 Å². The zero-order chi connectivity index (χ0) is 31.6. The number of hydrogen-bond donors (Lipinski definition) is 2. The average molecular weight is 740 g/mol. The molecule has 4 aliphatic rings. The van der Waals surface area contributed by atoms with Crippen molar-refractivity contribution in [3.05, 3.63) is 29.8 Å². The lowest BCUT2D eigenvalue weighted by Gasteiger charge is -2.62. The third-order valence-corrected chi connectivity index (χ3v) is 13.7. The van der Waals surface area contributed by atoms with Gasteiger partial charge in [0.1, 0.15) is 6.10 Å². The van der Waals surface area contributed by atoms with Crippen LogP contribution in [-0.4, -0.2) is 58.1 Å². The van der Waals surface area contributed by atoms with Crippen LogP contribution in [0.25, 0.3) is 0 Å². The number of carboxylic acid groups (broad SMARTS) is 1. The number of ether oxygens (including phenoxy) is 1. The number of fused-ring (bicyclic) bond motifs is 5. The van der Waals surface area contributed by atoms with Crippen LogP contribution in [0.15, 0.2) is 24.3 Å². The van der Waals surface area contributed by atoms with Gasteiger partial charge in [-0.3, -0.25) is 9.59 Å². The van der Waals surface area contributed by atoms with Gasteiger partial charge in [0.05, 0.1) is 12.5 Å². The number of carboxylic acids is 1. The Balaban J connectivity index is 1.18. The minimum atomic E-state index is -0.721. The summed E-state index contributed by atoms with van der Waals surface area (Å²) in [4.78, 5) is 26.6. The molecular weight excluding hydrogens is 686 g/mol. The average Bonchev–Trinajstić information content (AvgIpc) is 3.35. The number of halogens is 2. The van der Waals surface area contributed by atoms with Crippen molar-refractivity contribution in [3.8, 4) is 0 Å². The molecule has 0 bridgehead atoms. The van der Waals surface area contributed by atoms with Crippen molar-refractivity contribution in [1.29, 1.82) is 0 Å². The van der Waals surface area contributed by atoms with E-state index in [0.717, 1.165) is 73.5 Å². The predicted molar refractivity (Wildman–Crippen MR) is 182 cm³/mol. The molecule has 8 heteroatoms. The smallest absolute Gasteiger partial charge is 0.310 e. The fraction of sp³-hybridized carbons (Fsp3) is 0.778. The summed E-state index contributed by atoms with van der Waals surface area (Å²) in [7, 11) is 0. The summed E-state index contributed by atoms with van der Waals surface area (Å²) in [6, 6.07) is 8.30. The molecule has 0 aliphatic heterocycles. The number of carbonyl (C=O) groups excluding carboxylic acids is 1. The molecule has 0 saturated heterocycles. The second-order valence-corrected chi connectivity index (χ2v) is 16.5. The molecule has 246 valence electrons. The first-order chi connectivity index (χ1) is 21.0. The summed E-state index contributed by atoms with van der Waals surface area (Å²) in [5, 5.41) is 22.9. The van der Waals surface area contributed by atoms with Gasteiger partial charge in [-0.2, -0.15) is 0 Å². The Morgan fingerprint density at radius 1 is 1.00 bits per heavy atom. The maximum Gasteiger partial charge on any atom is 0.310 e. The van der Waals surface area contributed by atoms with Crippen molar-refractivity contribution in [2.75, 3.05) is 28.6 Å². The third kappa shape index (κ3) is 6.79. The molecule has 44 heavy (non-hydrogen) atoms. The second-order valence-electron chi connectivity index (χ2n) is 15.0. The summed E-state index contributed by atoms with van der Waals surface area (Å²) < 4.78 is 6.11. The van der Waals surface area contributed by atoms with Gasteiger partial charge in [0.15, 0.2) is 0 Å². The lowest BCUT2D eigenvalue weighted by atomic mass is 9.43. The van der Waals surface area contributed by atoms with Crippen LogP contribution < -0.4 is 4.90 Å². The van der Waals surface area contributed by atoms with E-state index in [1.165, 1.54) is 12.8 Å². The van der Waals surface area contributed by atoms with Crippen molar-refractivity contribution in [3.63, 3.8) is 0 Å². The number of esters is 1. The molecule has 0 unspecified atom stereocenters. The van der Waals surface area contributed by atoms with Crippen molar-refractivity contribution >= 4 is 49.5 Å². The highest BCUT2D eigenvalue weighted by Crippen LogP contribution is 2.68. The number of anilines is 1. The number of aliphatic hydroxyl groups is 1. The van der Waals surface area contributed by atoms with Gasteiger partial charge in [0.2, 0.25) is 0 Å². The molecule has 0 radical (unpaired) electrons. The van der Waals surface area contributed by atoms with Gasteiger partial charge in [-0.15, -0.1) is 0 Å². The van der Waals surface area contributed by atoms with Gasteiger partial charge >= 0.3 is 11.9 Å². The predicted octanol–water partition coefficient (Wildman–Crippen LogP) is 7.87. The van der Waals surface area contributed by atoms with Gasteiger partial charge in [-0.05, 0) is 122 Å². The van der Waals surface area contributed by atoms with E-state index in [1.54, 1.807) is 0 Å². The van der Waals surface area contributed by atoms with Gasteiger partial charge in [0.25, 0.3) is 0 Å². The molecule has 2 N–H and O–H groups in total. The van der Waals surface area contributed by atoms with Gasteiger partial charge in [-0.25, -0.2) is 0 Å². The summed E-state index contributed by atoms with van der Waals surface area (Å²) in [5.41, 5.74) is 2.21. The number of rotatable bonds is 12. The van der Waals surface area contributed by atoms with E-state index in [2.05, 4.69) is 69.7 Å². The van der Waals surface area contributed by atoms with E-state index in [0.29, 0.717) is 48.3 Å². The SMILES string of the molecule is C[C@H](CCC(=O)O)[C@H]1CC[C@H]2[C@@H]3CC[C@@H]4C[C@H](OC(=O)Cc5ccc(N(CCBr)CCBr)cc5)CC[C@]4(C)[C@H]3C[C@H](O)[C@]12C. The third-order valence-electron chi connectivity index (χ3n) is 13.0. The van der Waals surface area contributed by atoms with E-state index in [9.17, 15) is 19.8 Å². The maximum atomic E-state index is 13.0. The molecule has 0 spiro atoms. The summed E-state index contributed by atoms with van der Waals surface area (Å²) in [6.45, 7) is 8.88. The molecule has 1 aromatic rings. The summed E-state index contributed by atoms with van der Waals surface area (Å²) >= 11 is 7.08. The summed E-state index contributed by atoms with van der Waals surface area (Å²) in [6.07, 6.45) is 9.24. The lowest BCUT2D eigenvalue weighted by molar-refractivity contribution is -0.181. The maximum absolute atomic E-state index is 13.0. The standard InChI is InChI=1S/C36H53Br2NO5/c1-23(4-13-33(41)42)29-11-12-30-28-10-7-25-21-27(14-15-35(25,2)31(28)22-32(40)36(29,30)3)44-34(43)20-24-5-8-26(9-6-24)39(18-16-37)19-17-38/h5-6,8-9,23,25,27-32,40H,4,7,10-22H2,1-3H3,(H,41,42)/t23-,25-,27-,28+,29-,30+,31+,32+,35+,36-/m1/s1. The highest BCUT2D eigenvalue weighted by atomic mass is 79.9. The van der Waals surface area contributed by atoms with Crippen LogP contribution >= 0.6 is 31.9 Å². The van der Waals surface area contributed by atoms with Gasteiger partial charge < -0.3 is 19.8 Å². The highest BCUT2D eigenvalue weighted by Gasteiger charge is 2.63. The largest absolute Gasteiger partial charge is 0.481 e. The first-order valence-corrected chi connectivity index (χ1v) is 19.3. The Kier molecular flexibility index (Phi) is 11.1. The Labute approximate surface area is 281 Å². The van der Waals surface area contributed by atoms with Crippen molar-refractivity contribution < 1.29 is 24.5 Å². The van der Waals surface area contributed by atoms with Gasteiger partial charge in [-0.1, -0.05) is 64.8 Å². The number of nitrogens with zero attached hydrogens (tertiary/aromatic N) is 1. The zero-order valence-electron chi connectivity index (χ0n) is 26.9. The van der Waals surface area contributed by atoms with Crippen molar-refractivity contribution in [2.45, 2.75) is 104 Å². The first-order valence-electron chi connectivity index (χ1n) is 17.1. The minimum absolute atomic E-state index is 0.0190. The molecule has 5 rings (SSSR count). The van der Waals surface area contributed by atoms with Crippen LogP contribution in [0.4, 0.5) is 5.69 Å². The zero-order valence-corrected chi connectivity index (χ0v) is 30.0. The lowest BCUT2D eigenvalue weighted by Crippen LogP contribution is -2.59. The monoisotopic (exact) mass is 737 g/mol. The fourth-order valence-electron chi connectivity index (χ4n) is 10.6. The number of aliphatic carboxylic acids is 1. The normalized spacial score (nSPS) is 36.9. The number of carbonyl (C=O) groups is 2.